The van der Waals surface area contributed by atoms with Gasteiger partial charge in [-0.15, -0.1) is 0 Å². The van der Waals surface area contributed by atoms with Crippen LogP contribution in [-0.2, 0) is 14.8 Å². The molecule has 0 saturated heterocycles. The molecule has 0 unspecified atom stereocenters. The van der Waals surface area contributed by atoms with E-state index < -0.39 is 21.9 Å². The number of anilines is 2. The van der Waals surface area contributed by atoms with Crippen molar-refractivity contribution in [3.8, 4) is 0 Å². The summed E-state index contributed by atoms with van der Waals surface area (Å²) in [5.74, 6) is -1.23. The first-order valence-corrected chi connectivity index (χ1v) is 11.6. The van der Waals surface area contributed by atoms with Gasteiger partial charge >= 0.3 is 5.97 Å². The normalized spacial score (nSPS) is 11.0. The third-order valence-corrected chi connectivity index (χ3v) is 6.29. The van der Waals surface area contributed by atoms with Crippen LogP contribution < -0.4 is 10.0 Å². The lowest BCUT2D eigenvalue weighted by Gasteiger charge is -2.12. The van der Waals surface area contributed by atoms with Crippen molar-refractivity contribution in [2.45, 2.75) is 11.8 Å². The predicted octanol–water partition coefficient (Wildman–Crippen LogP) is 5.22. The summed E-state index contributed by atoms with van der Waals surface area (Å²) in [4.78, 5) is 24.9. The fourth-order valence-corrected chi connectivity index (χ4v) is 4.21. The molecule has 0 aliphatic heterocycles. The van der Waals surface area contributed by atoms with Crippen LogP contribution in [-0.4, -0.2) is 26.9 Å². The maximum absolute atomic E-state index is 12.8. The van der Waals surface area contributed by atoms with Crippen LogP contribution in [0.4, 0.5) is 11.4 Å². The van der Waals surface area contributed by atoms with Crippen LogP contribution in [0.1, 0.15) is 27.6 Å². The number of carbonyl (C=O) groups is 2. The minimum Gasteiger partial charge on any atom is -0.462 e. The highest BCUT2D eigenvalue weighted by Gasteiger charge is 2.18. The molecule has 2 N–H and O–H groups in total. The second-order valence-electron chi connectivity index (χ2n) is 6.48. The lowest BCUT2D eigenvalue weighted by Crippen LogP contribution is -2.16. The van der Waals surface area contributed by atoms with Gasteiger partial charge in [0.15, 0.2) is 0 Å². The first-order valence-electron chi connectivity index (χ1n) is 9.36. The van der Waals surface area contributed by atoms with Crippen molar-refractivity contribution < 1.29 is 22.7 Å². The minimum atomic E-state index is -3.84. The number of hydrogen-bond acceptors (Lipinski definition) is 5. The first-order chi connectivity index (χ1) is 15.2. The van der Waals surface area contributed by atoms with Crippen molar-refractivity contribution in [2.75, 3.05) is 16.6 Å². The van der Waals surface area contributed by atoms with Crippen LogP contribution in [0.2, 0.25) is 10.0 Å². The van der Waals surface area contributed by atoms with Gasteiger partial charge in [0.2, 0.25) is 0 Å². The Morgan fingerprint density at radius 2 is 1.47 bits per heavy atom. The molecule has 0 aromatic heterocycles. The molecule has 32 heavy (non-hydrogen) atoms. The number of benzene rings is 3. The third kappa shape index (κ3) is 5.59. The molecule has 3 aromatic carbocycles. The zero-order chi connectivity index (χ0) is 23.3. The predicted molar refractivity (Wildman–Crippen MR) is 124 cm³/mol. The third-order valence-electron chi connectivity index (χ3n) is 4.24. The molecule has 0 aliphatic carbocycles. The van der Waals surface area contributed by atoms with E-state index in [0.29, 0.717) is 0 Å². The summed E-state index contributed by atoms with van der Waals surface area (Å²) >= 11 is 12.2. The maximum Gasteiger partial charge on any atom is 0.339 e. The average molecular weight is 493 g/mol. The largest absolute Gasteiger partial charge is 0.462 e. The number of rotatable bonds is 7. The first kappa shape index (κ1) is 23.6. The summed E-state index contributed by atoms with van der Waals surface area (Å²) in [6, 6.07) is 16.3. The highest BCUT2D eigenvalue weighted by atomic mass is 35.5. The van der Waals surface area contributed by atoms with Crippen LogP contribution in [0.15, 0.2) is 71.6 Å². The van der Waals surface area contributed by atoms with Gasteiger partial charge in [0.05, 0.1) is 32.7 Å². The number of hydrogen-bond donors (Lipinski definition) is 2. The maximum atomic E-state index is 12.8. The monoisotopic (exact) mass is 492 g/mol. The van der Waals surface area contributed by atoms with Crippen LogP contribution >= 0.6 is 23.2 Å². The van der Waals surface area contributed by atoms with Gasteiger partial charge in [-0.05, 0) is 55.5 Å². The fourth-order valence-electron chi connectivity index (χ4n) is 2.74. The van der Waals surface area contributed by atoms with Crippen LogP contribution in [0.5, 0.6) is 0 Å². The molecule has 0 saturated carbocycles. The van der Waals surface area contributed by atoms with E-state index in [0.717, 1.165) is 0 Å². The van der Waals surface area contributed by atoms with Crippen molar-refractivity contribution in [3.05, 3.63) is 87.9 Å². The Morgan fingerprint density at radius 1 is 0.875 bits per heavy atom. The summed E-state index contributed by atoms with van der Waals surface area (Å²) in [7, 11) is -3.84. The van der Waals surface area contributed by atoms with E-state index in [4.69, 9.17) is 27.9 Å². The molecule has 10 heteroatoms. The van der Waals surface area contributed by atoms with Gasteiger partial charge in [-0.25, -0.2) is 13.2 Å². The quantitative estimate of drug-likeness (QED) is 0.440. The minimum absolute atomic E-state index is 0.0348. The zero-order valence-corrected chi connectivity index (χ0v) is 19.1. The topological polar surface area (TPSA) is 102 Å². The Bertz CT molecular complexity index is 1260. The molecule has 0 fully saturated rings. The van der Waals surface area contributed by atoms with Gasteiger partial charge in [-0.2, -0.15) is 0 Å². The van der Waals surface area contributed by atoms with E-state index in [-0.39, 0.29) is 44.0 Å². The van der Waals surface area contributed by atoms with Gasteiger partial charge in [0.1, 0.15) is 0 Å². The summed E-state index contributed by atoms with van der Waals surface area (Å²) in [6.45, 7) is 1.84. The second-order valence-corrected chi connectivity index (χ2v) is 8.98. The Kier molecular flexibility index (Phi) is 7.40. The molecule has 0 spiro atoms. The van der Waals surface area contributed by atoms with Gasteiger partial charge < -0.3 is 10.1 Å². The summed E-state index contributed by atoms with van der Waals surface area (Å²) < 4.78 is 32.5. The van der Waals surface area contributed by atoms with Gasteiger partial charge in [-0.1, -0.05) is 41.4 Å². The van der Waals surface area contributed by atoms with Crippen LogP contribution in [0, 0.1) is 0 Å². The van der Waals surface area contributed by atoms with Crippen LogP contribution in [0.25, 0.3) is 0 Å². The highest BCUT2D eigenvalue weighted by Crippen LogP contribution is 2.26. The average Bonchev–Trinajstić information content (AvgIpc) is 2.77. The van der Waals surface area contributed by atoms with Gasteiger partial charge in [0, 0.05) is 11.4 Å². The second kappa shape index (κ2) is 10.0. The Labute approximate surface area is 195 Å². The van der Waals surface area contributed by atoms with Gasteiger partial charge in [-0.3, -0.25) is 9.52 Å². The number of nitrogens with one attached hydrogen (secondary N) is 2. The smallest absolute Gasteiger partial charge is 0.339 e. The van der Waals surface area contributed by atoms with E-state index in [1.165, 1.54) is 48.5 Å². The van der Waals surface area contributed by atoms with Gasteiger partial charge in [0.25, 0.3) is 15.9 Å². The molecule has 0 heterocycles. The van der Waals surface area contributed by atoms with E-state index in [1.807, 2.05) is 0 Å². The number of esters is 1. The zero-order valence-electron chi connectivity index (χ0n) is 16.8. The molecule has 0 atom stereocenters. The molecule has 7 nitrogen and oxygen atoms in total. The number of amides is 1. The summed E-state index contributed by atoms with van der Waals surface area (Å²) in [5, 5.41) is 2.91. The summed E-state index contributed by atoms with van der Waals surface area (Å²) in [5.41, 5.74) is 0.579. The molecular weight excluding hydrogens is 475 g/mol. The molecule has 1 amide bonds. The van der Waals surface area contributed by atoms with Crippen molar-refractivity contribution in [3.63, 3.8) is 0 Å². The molecule has 166 valence electrons. The fraction of sp³-hybridized carbons (Fsp3) is 0.0909. The highest BCUT2D eigenvalue weighted by molar-refractivity contribution is 7.92. The Hall–Kier alpha value is -3.07. The molecular formula is C22H18Cl2N2O5S. The lowest BCUT2D eigenvalue weighted by molar-refractivity contribution is 0.0526. The Balaban J connectivity index is 1.84. The van der Waals surface area contributed by atoms with Crippen molar-refractivity contribution in [1.29, 1.82) is 0 Å². The molecule has 3 aromatic rings. The number of ether oxygens (including phenoxy) is 1. The van der Waals surface area contributed by atoms with E-state index in [2.05, 4.69) is 10.0 Å². The number of halogens is 2. The van der Waals surface area contributed by atoms with E-state index in [9.17, 15) is 18.0 Å². The molecule has 3 rings (SSSR count). The lowest BCUT2D eigenvalue weighted by atomic mass is 10.1. The summed E-state index contributed by atoms with van der Waals surface area (Å²) in [6.07, 6.45) is 0. The van der Waals surface area contributed by atoms with E-state index in [1.54, 1.807) is 25.1 Å². The molecule has 0 radical (unpaired) electrons. The van der Waals surface area contributed by atoms with Crippen molar-refractivity contribution in [2.24, 2.45) is 0 Å². The molecule has 0 aliphatic rings. The molecule has 0 bridgehead atoms. The van der Waals surface area contributed by atoms with Crippen molar-refractivity contribution in [1.82, 2.24) is 0 Å². The number of carbonyl (C=O) groups excluding carboxylic acids is 2. The standard InChI is InChI=1S/C22H18Cl2N2O5S/c1-2-31-22(28)18-12-14(8-10-20(18)24)25-21(27)17-13-15(9-11-19(17)23)26-32(29,30)16-6-4-3-5-7-16/h3-13,26H,2H2,1H3,(H,25,27). The van der Waals surface area contributed by atoms with Crippen LogP contribution in [0.3, 0.4) is 0 Å². The van der Waals surface area contributed by atoms with E-state index >= 15 is 0 Å². The number of sulfonamides is 1. The Morgan fingerprint density at radius 3 is 2.12 bits per heavy atom. The van der Waals surface area contributed by atoms with Crippen molar-refractivity contribution >= 4 is 56.5 Å². The SMILES string of the molecule is CCOC(=O)c1cc(NC(=O)c2cc(NS(=O)(=O)c3ccccc3)ccc2Cl)ccc1Cl.